The number of methoxy groups -OCH3 is 1. The first-order valence-corrected chi connectivity index (χ1v) is 9.56. The van der Waals surface area contributed by atoms with Gasteiger partial charge in [0.25, 0.3) is 0 Å². The van der Waals surface area contributed by atoms with Gasteiger partial charge in [-0.25, -0.2) is 0 Å². The Morgan fingerprint density at radius 1 is 1.19 bits per heavy atom. The summed E-state index contributed by atoms with van der Waals surface area (Å²) >= 11 is 0.957. The molecule has 0 aromatic heterocycles. The summed E-state index contributed by atoms with van der Waals surface area (Å²) in [7, 11) is 1.26. The van der Waals surface area contributed by atoms with Crippen molar-refractivity contribution >= 4 is 35.0 Å². The van der Waals surface area contributed by atoms with Crippen LogP contribution in [0, 0.1) is 0 Å². The molecule has 2 aromatic carbocycles. The van der Waals surface area contributed by atoms with Crippen molar-refractivity contribution in [1.29, 1.82) is 0 Å². The van der Waals surface area contributed by atoms with E-state index < -0.39 is 35.4 Å². The zero-order valence-corrected chi connectivity index (χ0v) is 16.6. The first kappa shape index (κ1) is 22.7. The highest BCUT2D eigenvalue weighted by atomic mass is 32.2. The van der Waals surface area contributed by atoms with Gasteiger partial charge in [0.05, 0.1) is 23.6 Å². The second kappa shape index (κ2) is 9.00. The van der Waals surface area contributed by atoms with Crippen LogP contribution in [0.5, 0.6) is 11.5 Å². The predicted molar refractivity (Wildman–Crippen MR) is 103 cm³/mol. The number of benzene rings is 2. The van der Waals surface area contributed by atoms with Crippen molar-refractivity contribution in [2.75, 3.05) is 17.7 Å². The molecule has 2 amide bonds. The number of ether oxygens (including phenoxy) is 2. The molecule has 12 heteroatoms. The smallest absolute Gasteiger partial charge is 0.416 e. The Labute approximate surface area is 177 Å². The predicted octanol–water partition coefficient (Wildman–Crippen LogP) is 4.76. The molecular formula is C19H15F5N2O4S. The third-order valence-electron chi connectivity index (χ3n) is 4.16. The summed E-state index contributed by atoms with van der Waals surface area (Å²) in [6.07, 6.45) is -4.85. The minimum atomic E-state index is -4.55. The Bertz CT molecular complexity index is 1000. The van der Waals surface area contributed by atoms with E-state index in [2.05, 4.69) is 15.4 Å². The monoisotopic (exact) mass is 462 g/mol. The van der Waals surface area contributed by atoms with E-state index in [1.54, 1.807) is 0 Å². The maximum absolute atomic E-state index is 12.8. The fraction of sp³-hybridized carbons (Fsp3) is 0.263. The van der Waals surface area contributed by atoms with E-state index in [0.29, 0.717) is 4.90 Å². The second-order valence-electron chi connectivity index (χ2n) is 6.30. The molecule has 1 unspecified atom stereocenters. The van der Waals surface area contributed by atoms with Gasteiger partial charge >= 0.3 is 12.8 Å². The summed E-state index contributed by atoms with van der Waals surface area (Å²) < 4.78 is 72.8. The van der Waals surface area contributed by atoms with E-state index >= 15 is 0 Å². The molecule has 3 rings (SSSR count). The van der Waals surface area contributed by atoms with E-state index in [9.17, 15) is 31.5 Å². The highest BCUT2D eigenvalue weighted by Crippen LogP contribution is 2.40. The summed E-state index contributed by atoms with van der Waals surface area (Å²) in [5.74, 6) is -1.47. The largest absolute Gasteiger partial charge is 0.493 e. The van der Waals surface area contributed by atoms with Gasteiger partial charge in [-0.05, 0) is 30.3 Å². The molecule has 0 saturated heterocycles. The number of carbonyl (C=O) groups is 2. The molecular weight excluding hydrogens is 447 g/mol. The lowest BCUT2D eigenvalue weighted by molar-refractivity contribution is -0.137. The molecule has 0 bridgehead atoms. The molecule has 0 fully saturated rings. The van der Waals surface area contributed by atoms with Crippen LogP contribution in [0.3, 0.4) is 0 Å². The van der Waals surface area contributed by atoms with Gasteiger partial charge in [-0.2, -0.15) is 22.0 Å². The number of hydrogen-bond donors (Lipinski definition) is 2. The average molecular weight is 462 g/mol. The summed E-state index contributed by atoms with van der Waals surface area (Å²) in [4.78, 5) is 25.0. The van der Waals surface area contributed by atoms with Crippen molar-refractivity contribution in [3.63, 3.8) is 0 Å². The Morgan fingerprint density at radius 2 is 1.94 bits per heavy atom. The van der Waals surface area contributed by atoms with Crippen molar-refractivity contribution in [2.45, 2.75) is 29.4 Å². The molecule has 0 aliphatic carbocycles. The normalized spacial score (nSPS) is 15.8. The van der Waals surface area contributed by atoms with Crippen LogP contribution >= 0.6 is 11.8 Å². The van der Waals surface area contributed by atoms with Crippen LogP contribution < -0.4 is 20.1 Å². The van der Waals surface area contributed by atoms with E-state index in [-0.39, 0.29) is 29.3 Å². The highest BCUT2D eigenvalue weighted by molar-refractivity contribution is 8.01. The van der Waals surface area contributed by atoms with E-state index in [1.807, 2.05) is 0 Å². The van der Waals surface area contributed by atoms with Gasteiger partial charge in [0.2, 0.25) is 11.8 Å². The number of carbonyl (C=O) groups excluding carboxylic acids is 2. The van der Waals surface area contributed by atoms with Gasteiger partial charge in [0, 0.05) is 23.1 Å². The minimum absolute atomic E-state index is 0.0189. The fourth-order valence-electron chi connectivity index (χ4n) is 2.78. The van der Waals surface area contributed by atoms with Gasteiger partial charge in [0.15, 0.2) is 11.5 Å². The van der Waals surface area contributed by atoms with E-state index in [0.717, 1.165) is 30.0 Å². The number of fused-ring (bicyclic) bond motifs is 1. The number of amides is 2. The number of anilines is 2. The van der Waals surface area contributed by atoms with Gasteiger partial charge in [-0.3, -0.25) is 9.59 Å². The highest BCUT2D eigenvalue weighted by Gasteiger charge is 2.34. The third kappa shape index (κ3) is 5.57. The molecule has 31 heavy (non-hydrogen) atoms. The average Bonchev–Trinajstić information content (AvgIpc) is 2.67. The molecule has 0 saturated carbocycles. The van der Waals surface area contributed by atoms with E-state index in [4.69, 9.17) is 4.74 Å². The summed E-state index contributed by atoms with van der Waals surface area (Å²) in [5.41, 5.74) is -0.743. The molecule has 1 aliphatic heterocycles. The number of nitrogens with one attached hydrogen (secondary N) is 2. The van der Waals surface area contributed by atoms with Gasteiger partial charge in [-0.1, -0.05) is 0 Å². The van der Waals surface area contributed by atoms with Crippen molar-refractivity contribution in [3.8, 4) is 11.5 Å². The van der Waals surface area contributed by atoms with Crippen molar-refractivity contribution < 1.29 is 41.0 Å². The molecule has 0 radical (unpaired) electrons. The second-order valence-corrected chi connectivity index (χ2v) is 7.55. The number of thioether (sulfide) groups is 1. The number of hydrogen-bond acceptors (Lipinski definition) is 5. The van der Waals surface area contributed by atoms with Crippen LogP contribution in [-0.2, 0) is 15.8 Å². The topological polar surface area (TPSA) is 76.7 Å². The Morgan fingerprint density at radius 3 is 2.58 bits per heavy atom. The lowest BCUT2D eigenvalue weighted by atomic mass is 10.1. The lowest BCUT2D eigenvalue weighted by Crippen LogP contribution is -2.32. The maximum Gasteiger partial charge on any atom is 0.416 e. The Kier molecular flexibility index (Phi) is 6.58. The molecule has 166 valence electrons. The van der Waals surface area contributed by atoms with Crippen LogP contribution in [0.15, 0.2) is 41.3 Å². The Hall–Kier alpha value is -3.02. The first-order valence-electron chi connectivity index (χ1n) is 8.68. The summed E-state index contributed by atoms with van der Waals surface area (Å²) in [6, 6.07) is 6.82. The van der Waals surface area contributed by atoms with Gasteiger partial charge in [0.1, 0.15) is 0 Å². The zero-order chi connectivity index (χ0) is 22.8. The van der Waals surface area contributed by atoms with Crippen LogP contribution in [0.1, 0.15) is 12.0 Å². The molecule has 6 nitrogen and oxygen atoms in total. The van der Waals surface area contributed by atoms with Crippen molar-refractivity contribution in [2.24, 2.45) is 0 Å². The minimum Gasteiger partial charge on any atom is -0.493 e. The molecule has 1 atom stereocenters. The molecule has 1 aliphatic rings. The fourth-order valence-corrected chi connectivity index (χ4v) is 3.87. The van der Waals surface area contributed by atoms with Crippen molar-refractivity contribution in [3.05, 3.63) is 42.0 Å². The lowest BCUT2D eigenvalue weighted by Gasteiger charge is -2.24. The molecule has 2 aromatic rings. The standard InChI is InChI=1S/C19H15F5N2O4S/c1-29-12-4-3-10(7-13(12)30-18(20)21)25-16(27)8-15-17(28)26-11-6-9(19(22,23)24)2-5-14(11)31-15/h2-7,15,18H,8H2,1H3,(H,25,27)(H,26,28). The SMILES string of the molecule is COc1ccc(NC(=O)CC2Sc3ccc(C(F)(F)F)cc3NC2=O)cc1OC(F)F. The number of rotatable bonds is 6. The van der Waals surface area contributed by atoms with Crippen LogP contribution in [-0.4, -0.2) is 30.8 Å². The quantitative estimate of drug-likeness (QED) is 0.606. The number of alkyl halides is 5. The van der Waals surface area contributed by atoms with Gasteiger partial charge < -0.3 is 20.1 Å². The third-order valence-corrected chi connectivity index (χ3v) is 5.44. The van der Waals surface area contributed by atoms with Gasteiger partial charge in [-0.15, -0.1) is 11.8 Å². The molecule has 0 spiro atoms. The summed E-state index contributed by atoms with van der Waals surface area (Å²) in [6.45, 7) is -3.10. The number of halogens is 5. The van der Waals surface area contributed by atoms with E-state index in [1.165, 1.54) is 25.3 Å². The molecule has 2 N–H and O–H groups in total. The van der Waals surface area contributed by atoms with Crippen LogP contribution in [0.25, 0.3) is 0 Å². The van der Waals surface area contributed by atoms with Crippen molar-refractivity contribution in [1.82, 2.24) is 0 Å². The molecule has 1 heterocycles. The maximum atomic E-state index is 12.8. The van der Waals surface area contributed by atoms with Crippen LogP contribution in [0.2, 0.25) is 0 Å². The first-order chi connectivity index (χ1) is 14.6. The van der Waals surface area contributed by atoms with Crippen LogP contribution in [0.4, 0.5) is 33.3 Å². The zero-order valence-electron chi connectivity index (χ0n) is 15.8. The Balaban J connectivity index is 1.68. The summed E-state index contributed by atoms with van der Waals surface area (Å²) in [5, 5.41) is 3.95.